The lowest BCUT2D eigenvalue weighted by Gasteiger charge is -2.43. The summed E-state index contributed by atoms with van der Waals surface area (Å²) >= 11 is 0. The molecule has 0 bridgehead atoms. The van der Waals surface area contributed by atoms with Crippen molar-refractivity contribution >= 4 is 0 Å². The highest BCUT2D eigenvalue weighted by Gasteiger charge is 2.30. The Kier molecular flexibility index (Phi) is 5.67. The maximum Gasteiger partial charge on any atom is 0.0124 e. The average Bonchev–Trinajstić information content (AvgIpc) is 2.26. The molecular weight excluding hydrogens is 220 g/mol. The summed E-state index contributed by atoms with van der Waals surface area (Å²) in [7, 11) is 4.60. The molecule has 2 heteroatoms. The largest absolute Gasteiger partial charge is 0.303 e. The fourth-order valence-electron chi connectivity index (χ4n) is 3.16. The van der Waals surface area contributed by atoms with Crippen LogP contribution in [-0.2, 0) is 0 Å². The summed E-state index contributed by atoms with van der Waals surface area (Å²) < 4.78 is 0. The van der Waals surface area contributed by atoms with Gasteiger partial charge in [0, 0.05) is 24.2 Å². The van der Waals surface area contributed by atoms with Crippen LogP contribution in [0.15, 0.2) is 0 Å². The molecule has 0 heterocycles. The van der Waals surface area contributed by atoms with Crippen molar-refractivity contribution in [2.75, 3.05) is 20.6 Å². The first-order valence-electron chi connectivity index (χ1n) is 7.65. The molecule has 1 aliphatic rings. The third kappa shape index (κ3) is 4.55. The number of nitrogens with zero attached hydrogens (tertiary/aromatic N) is 2. The Bertz CT molecular complexity index is 234. The number of hydrogen-bond acceptors (Lipinski definition) is 2. The molecule has 0 amide bonds. The number of hydrogen-bond donors (Lipinski definition) is 0. The molecule has 0 aromatic carbocycles. The Morgan fingerprint density at radius 3 is 1.78 bits per heavy atom. The molecule has 0 aliphatic heterocycles. The van der Waals surface area contributed by atoms with E-state index in [0.29, 0.717) is 5.54 Å². The fraction of sp³-hybridized carbons (Fsp3) is 1.00. The summed E-state index contributed by atoms with van der Waals surface area (Å²) in [5, 5.41) is 0. The van der Waals surface area contributed by atoms with Crippen LogP contribution in [-0.4, -0.2) is 48.1 Å². The second kappa shape index (κ2) is 6.38. The molecule has 1 fully saturated rings. The van der Waals surface area contributed by atoms with E-state index in [-0.39, 0.29) is 0 Å². The van der Waals surface area contributed by atoms with E-state index in [1.54, 1.807) is 0 Å². The van der Waals surface area contributed by atoms with Gasteiger partial charge in [0.15, 0.2) is 0 Å². The second-order valence-corrected chi connectivity index (χ2v) is 7.58. The fourth-order valence-corrected chi connectivity index (χ4v) is 3.16. The Hall–Kier alpha value is -0.0800. The SMILES string of the molecule is CC(C)CN(C)C1CCC(N(C)C(C)(C)C)CC1. The van der Waals surface area contributed by atoms with Crippen LogP contribution in [0.1, 0.15) is 60.3 Å². The first-order chi connectivity index (χ1) is 8.21. The minimum Gasteiger partial charge on any atom is -0.303 e. The van der Waals surface area contributed by atoms with Gasteiger partial charge in [-0.3, -0.25) is 4.90 Å². The van der Waals surface area contributed by atoms with Crippen LogP contribution in [0.2, 0.25) is 0 Å². The van der Waals surface area contributed by atoms with Gasteiger partial charge < -0.3 is 4.90 Å². The zero-order valence-corrected chi connectivity index (χ0v) is 13.7. The van der Waals surface area contributed by atoms with Crippen LogP contribution in [0.3, 0.4) is 0 Å². The zero-order chi connectivity index (χ0) is 13.9. The molecule has 1 rings (SSSR count). The molecule has 0 aromatic heterocycles. The molecule has 18 heavy (non-hydrogen) atoms. The summed E-state index contributed by atoms with van der Waals surface area (Å²) in [6, 6.07) is 1.60. The third-order valence-electron chi connectivity index (χ3n) is 4.55. The highest BCUT2D eigenvalue weighted by Crippen LogP contribution is 2.29. The van der Waals surface area contributed by atoms with Crippen molar-refractivity contribution in [3.05, 3.63) is 0 Å². The molecular formula is C16H34N2. The van der Waals surface area contributed by atoms with Gasteiger partial charge in [0.1, 0.15) is 0 Å². The first-order valence-corrected chi connectivity index (χ1v) is 7.65. The lowest BCUT2D eigenvalue weighted by Crippen LogP contribution is -2.49. The van der Waals surface area contributed by atoms with E-state index in [4.69, 9.17) is 0 Å². The van der Waals surface area contributed by atoms with Gasteiger partial charge in [0.05, 0.1) is 0 Å². The molecule has 108 valence electrons. The van der Waals surface area contributed by atoms with Crippen LogP contribution >= 0.6 is 0 Å². The molecule has 0 unspecified atom stereocenters. The summed E-state index contributed by atoms with van der Waals surface area (Å²) in [6.07, 6.45) is 5.46. The maximum absolute atomic E-state index is 2.58. The van der Waals surface area contributed by atoms with Gasteiger partial charge in [-0.1, -0.05) is 13.8 Å². The van der Waals surface area contributed by atoms with Gasteiger partial charge in [-0.25, -0.2) is 0 Å². The van der Waals surface area contributed by atoms with Crippen molar-refractivity contribution in [3.8, 4) is 0 Å². The van der Waals surface area contributed by atoms with Crippen molar-refractivity contribution < 1.29 is 0 Å². The van der Waals surface area contributed by atoms with Gasteiger partial charge in [-0.15, -0.1) is 0 Å². The third-order valence-corrected chi connectivity index (χ3v) is 4.55. The average molecular weight is 254 g/mol. The molecule has 0 radical (unpaired) electrons. The summed E-state index contributed by atoms with van der Waals surface area (Å²) in [5.74, 6) is 0.782. The van der Waals surface area contributed by atoms with Gasteiger partial charge in [0.2, 0.25) is 0 Å². The topological polar surface area (TPSA) is 6.48 Å². The number of rotatable bonds is 4. The summed E-state index contributed by atoms with van der Waals surface area (Å²) in [5.41, 5.74) is 0.307. The molecule has 0 N–H and O–H groups in total. The van der Waals surface area contributed by atoms with E-state index in [1.807, 2.05) is 0 Å². The van der Waals surface area contributed by atoms with E-state index in [0.717, 1.165) is 18.0 Å². The van der Waals surface area contributed by atoms with Crippen molar-refractivity contribution in [3.63, 3.8) is 0 Å². The van der Waals surface area contributed by atoms with Crippen LogP contribution in [0.4, 0.5) is 0 Å². The molecule has 1 saturated carbocycles. The lowest BCUT2D eigenvalue weighted by atomic mass is 9.87. The van der Waals surface area contributed by atoms with Crippen molar-refractivity contribution in [1.29, 1.82) is 0 Å². The predicted molar refractivity (Wildman–Crippen MR) is 81.0 cm³/mol. The molecule has 1 aliphatic carbocycles. The van der Waals surface area contributed by atoms with E-state index in [2.05, 4.69) is 58.5 Å². The van der Waals surface area contributed by atoms with Crippen LogP contribution in [0.5, 0.6) is 0 Å². The van der Waals surface area contributed by atoms with Crippen LogP contribution in [0.25, 0.3) is 0 Å². The van der Waals surface area contributed by atoms with Gasteiger partial charge in [-0.2, -0.15) is 0 Å². The Morgan fingerprint density at radius 2 is 1.39 bits per heavy atom. The monoisotopic (exact) mass is 254 g/mol. The molecule has 0 aromatic rings. The normalized spacial score (nSPS) is 26.3. The quantitative estimate of drug-likeness (QED) is 0.756. The van der Waals surface area contributed by atoms with Gasteiger partial charge >= 0.3 is 0 Å². The van der Waals surface area contributed by atoms with E-state index in [9.17, 15) is 0 Å². The summed E-state index contributed by atoms with van der Waals surface area (Å²) in [4.78, 5) is 5.16. The highest BCUT2D eigenvalue weighted by molar-refractivity contribution is 4.87. The summed E-state index contributed by atoms with van der Waals surface area (Å²) in [6.45, 7) is 12.8. The maximum atomic E-state index is 2.58. The molecule has 0 atom stereocenters. The van der Waals surface area contributed by atoms with Crippen molar-refractivity contribution in [1.82, 2.24) is 9.80 Å². The molecule has 2 nitrogen and oxygen atoms in total. The van der Waals surface area contributed by atoms with Gasteiger partial charge in [-0.05, 0) is 66.5 Å². The minimum absolute atomic E-state index is 0.307. The van der Waals surface area contributed by atoms with Crippen LogP contribution < -0.4 is 0 Å². The van der Waals surface area contributed by atoms with E-state index >= 15 is 0 Å². The van der Waals surface area contributed by atoms with Gasteiger partial charge in [0.25, 0.3) is 0 Å². The van der Waals surface area contributed by atoms with Crippen molar-refractivity contribution in [2.24, 2.45) is 5.92 Å². The molecule has 0 spiro atoms. The van der Waals surface area contributed by atoms with E-state index in [1.165, 1.54) is 32.2 Å². The van der Waals surface area contributed by atoms with Crippen LogP contribution in [0, 0.1) is 5.92 Å². The Labute approximate surface area is 115 Å². The smallest absolute Gasteiger partial charge is 0.0124 e. The minimum atomic E-state index is 0.307. The first kappa shape index (κ1) is 16.0. The Balaban J connectivity index is 2.41. The second-order valence-electron chi connectivity index (χ2n) is 7.58. The van der Waals surface area contributed by atoms with E-state index < -0.39 is 0 Å². The Morgan fingerprint density at radius 1 is 0.944 bits per heavy atom. The standard InChI is InChI=1S/C16H34N2/c1-13(2)12-17(6)14-8-10-15(11-9-14)18(7)16(3,4)5/h13-15H,8-12H2,1-7H3. The highest BCUT2D eigenvalue weighted by atomic mass is 15.2. The lowest BCUT2D eigenvalue weighted by molar-refractivity contribution is 0.0639. The zero-order valence-electron chi connectivity index (χ0n) is 13.7. The molecule has 0 saturated heterocycles. The predicted octanol–water partition coefficient (Wildman–Crippen LogP) is 3.62. The van der Waals surface area contributed by atoms with Crippen molar-refractivity contribution in [2.45, 2.75) is 77.9 Å².